The molecule has 1 rings (SSSR count). The van der Waals surface area contributed by atoms with Crippen LogP contribution in [0.25, 0.3) is 0 Å². The van der Waals surface area contributed by atoms with Crippen molar-refractivity contribution in [1.82, 2.24) is 4.98 Å². The van der Waals surface area contributed by atoms with E-state index in [1.54, 1.807) is 6.92 Å². The van der Waals surface area contributed by atoms with Gasteiger partial charge in [-0.15, -0.1) is 0 Å². The van der Waals surface area contributed by atoms with E-state index in [1.807, 2.05) is 0 Å². The van der Waals surface area contributed by atoms with Crippen molar-refractivity contribution in [2.24, 2.45) is 0 Å². The van der Waals surface area contributed by atoms with Crippen molar-refractivity contribution < 1.29 is 14.5 Å². The number of carbonyl (C=O) groups excluding carboxylic acids is 1. The summed E-state index contributed by atoms with van der Waals surface area (Å²) in [4.78, 5) is 25.0. The third-order valence-electron chi connectivity index (χ3n) is 1.62. The summed E-state index contributed by atoms with van der Waals surface area (Å²) < 4.78 is 4.73. The molecule has 0 aliphatic heterocycles. The fourth-order valence-corrected chi connectivity index (χ4v) is 1.64. The Morgan fingerprint density at radius 2 is 2.44 bits per heavy atom. The molecule has 0 spiro atoms. The second kappa shape index (κ2) is 5.66. The standard InChI is InChI=1S/C8H7ClN2O4S/c1-2-15-8(12)6-3-5(11(13)14)4-10-7(6)16-9/h3-4H,2H2,1H3. The number of hydrogen-bond acceptors (Lipinski definition) is 6. The largest absolute Gasteiger partial charge is 0.462 e. The Bertz CT molecular complexity index is 426. The number of esters is 1. The van der Waals surface area contributed by atoms with Crippen molar-refractivity contribution in [3.05, 3.63) is 27.9 Å². The van der Waals surface area contributed by atoms with Crippen molar-refractivity contribution in [3.8, 4) is 0 Å². The van der Waals surface area contributed by atoms with Gasteiger partial charge in [-0.05, 0) is 17.6 Å². The van der Waals surface area contributed by atoms with E-state index in [2.05, 4.69) is 4.98 Å². The number of pyridine rings is 1. The molecule has 0 N–H and O–H groups in total. The van der Waals surface area contributed by atoms with Crippen LogP contribution in [0.4, 0.5) is 5.69 Å². The zero-order valence-corrected chi connectivity index (χ0v) is 9.75. The average molecular weight is 263 g/mol. The molecular weight excluding hydrogens is 256 g/mol. The van der Waals surface area contributed by atoms with Gasteiger partial charge in [0.25, 0.3) is 5.69 Å². The summed E-state index contributed by atoms with van der Waals surface area (Å²) in [5, 5.41) is 10.7. The predicted octanol–water partition coefficient (Wildman–Crippen LogP) is 2.41. The highest BCUT2D eigenvalue weighted by molar-refractivity contribution is 8.21. The third kappa shape index (κ3) is 2.83. The molecule has 6 nitrogen and oxygen atoms in total. The SMILES string of the molecule is CCOC(=O)c1cc([N+](=O)[O-])cnc1SCl. The highest BCUT2D eigenvalue weighted by atomic mass is 35.7. The minimum atomic E-state index is -0.679. The number of rotatable bonds is 4. The molecule has 8 heteroatoms. The molecule has 0 bridgehead atoms. The molecule has 1 aromatic heterocycles. The van der Waals surface area contributed by atoms with Crippen LogP contribution in [0.5, 0.6) is 0 Å². The zero-order valence-electron chi connectivity index (χ0n) is 8.18. The predicted molar refractivity (Wildman–Crippen MR) is 58.6 cm³/mol. The lowest BCUT2D eigenvalue weighted by molar-refractivity contribution is -0.385. The van der Waals surface area contributed by atoms with Gasteiger partial charge in [-0.1, -0.05) is 0 Å². The summed E-state index contributed by atoms with van der Waals surface area (Å²) in [5.41, 5.74) is -0.284. The maximum atomic E-state index is 11.4. The highest BCUT2D eigenvalue weighted by Crippen LogP contribution is 2.27. The number of hydrogen-bond donors (Lipinski definition) is 0. The Balaban J connectivity index is 3.16. The van der Waals surface area contributed by atoms with Gasteiger partial charge in [0.2, 0.25) is 0 Å². The first kappa shape index (κ1) is 12.7. The Morgan fingerprint density at radius 3 is 2.94 bits per heavy atom. The van der Waals surface area contributed by atoms with Crippen molar-refractivity contribution in [2.75, 3.05) is 6.61 Å². The first-order valence-electron chi connectivity index (χ1n) is 4.20. The Labute approximate surface area is 99.6 Å². The maximum absolute atomic E-state index is 11.4. The lowest BCUT2D eigenvalue weighted by Gasteiger charge is -2.04. The molecule has 0 unspecified atom stereocenters. The summed E-state index contributed by atoms with van der Waals surface area (Å²) in [7, 11) is 6.19. The summed E-state index contributed by atoms with van der Waals surface area (Å²) in [6.45, 7) is 1.81. The second-order valence-corrected chi connectivity index (χ2v) is 3.60. The van der Waals surface area contributed by atoms with Crippen molar-refractivity contribution in [1.29, 1.82) is 0 Å². The number of halogens is 1. The van der Waals surface area contributed by atoms with Crippen LogP contribution < -0.4 is 0 Å². The number of ether oxygens (including phenoxy) is 1. The molecule has 0 saturated carbocycles. The fraction of sp³-hybridized carbons (Fsp3) is 0.250. The van der Waals surface area contributed by atoms with Crippen LogP contribution in [-0.4, -0.2) is 22.5 Å². The molecule has 0 fully saturated rings. The van der Waals surface area contributed by atoms with Crippen molar-refractivity contribution in [3.63, 3.8) is 0 Å². The molecule has 0 aliphatic carbocycles. The van der Waals surface area contributed by atoms with Crippen molar-refractivity contribution >= 4 is 33.3 Å². The summed E-state index contributed by atoms with van der Waals surface area (Å²) in [6.07, 6.45) is 1.04. The highest BCUT2D eigenvalue weighted by Gasteiger charge is 2.19. The van der Waals surface area contributed by atoms with Crippen LogP contribution in [0.2, 0.25) is 0 Å². The van der Waals surface area contributed by atoms with E-state index < -0.39 is 10.9 Å². The number of aromatic nitrogens is 1. The van der Waals surface area contributed by atoms with Crippen LogP contribution in [0.3, 0.4) is 0 Å². The van der Waals surface area contributed by atoms with Gasteiger partial charge in [0.15, 0.2) is 0 Å². The fourth-order valence-electron chi connectivity index (χ4n) is 0.958. The molecule has 16 heavy (non-hydrogen) atoms. The van der Waals surface area contributed by atoms with Crippen molar-refractivity contribution in [2.45, 2.75) is 11.9 Å². The second-order valence-electron chi connectivity index (χ2n) is 2.60. The number of carbonyl (C=O) groups is 1. The molecule has 0 aromatic carbocycles. The Kier molecular flexibility index (Phi) is 4.51. The quantitative estimate of drug-likeness (QED) is 0.471. The molecule has 0 saturated heterocycles. The molecule has 0 radical (unpaired) electrons. The summed E-state index contributed by atoms with van der Waals surface area (Å²) >= 11 is 0. The Morgan fingerprint density at radius 1 is 1.75 bits per heavy atom. The molecule has 1 aromatic rings. The minimum absolute atomic E-state index is 0.00366. The minimum Gasteiger partial charge on any atom is -0.462 e. The smallest absolute Gasteiger partial charge is 0.341 e. The van der Waals surface area contributed by atoms with Gasteiger partial charge < -0.3 is 4.74 Å². The molecule has 0 atom stereocenters. The van der Waals surface area contributed by atoms with Gasteiger partial charge in [-0.25, -0.2) is 9.78 Å². The number of nitro groups is 1. The van der Waals surface area contributed by atoms with Gasteiger partial charge in [0, 0.05) is 17.0 Å². The number of nitrogens with zero attached hydrogens (tertiary/aromatic N) is 2. The first-order valence-corrected chi connectivity index (χ1v) is 5.84. The van der Waals surface area contributed by atoms with Crippen LogP contribution >= 0.6 is 21.7 Å². The van der Waals surface area contributed by atoms with Crippen LogP contribution in [0.15, 0.2) is 17.3 Å². The maximum Gasteiger partial charge on any atom is 0.341 e. The summed E-state index contributed by atoms with van der Waals surface area (Å²) in [6, 6.07) is 1.09. The van der Waals surface area contributed by atoms with Crippen LogP contribution in [-0.2, 0) is 4.74 Å². The molecule has 0 amide bonds. The molecule has 1 heterocycles. The van der Waals surface area contributed by atoms with E-state index >= 15 is 0 Å². The Hall–Kier alpha value is -1.34. The first-order chi connectivity index (χ1) is 7.60. The zero-order chi connectivity index (χ0) is 12.1. The van der Waals surface area contributed by atoms with E-state index in [0.29, 0.717) is 11.0 Å². The van der Waals surface area contributed by atoms with Gasteiger partial charge in [-0.2, -0.15) is 0 Å². The van der Waals surface area contributed by atoms with E-state index in [1.165, 1.54) is 0 Å². The normalized spacial score (nSPS) is 9.88. The van der Waals surface area contributed by atoms with Gasteiger partial charge in [0.1, 0.15) is 11.2 Å². The van der Waals surface area contributed by atoms with E-state index in [4.69, 9.17) is 15.4 Å². The van der Waals surface area contributed by atoms with E-state index in [0.717, 1.165) is 12.3 Å². The van der Waals surface area contributed by atoms with Gasteiger partial charge in [-0.3, -0.25) is 10.1 Å². The van der Waals surface area contributed by atoms with E-state index in [-0.39, 0.29) is 22.9 Å². The van der Waals surface area contributed by atoms with E-state index in [9.17, 15) is 14.9 Å². The lowest BCUT2D eigenvalue weighted by Crippen LogP contribution is -2.07. The average Bonchev–Trinajstić information content (AvgIpc) is 2.28. The van der Waals surface area contributed by atoms with Crippen LogP contribution in [0, 0.1) is 10.1 Å². The van der Waals surface area contributed by atoms with Crippen LogP contribution in [0.1, 0.15) is 17.3 Å². The molecule has 86 valence electrons. The topological polar surface area (TPSA) is 82.3 Å². The molecule has 0 aliphatic rings. The van der Waals surface area contributed by atoms with Gasteiger partial charge in [0.05, 0.1) is 17.1 Å². The third-order valence-corrected chi connectivity index (χ3v) is 2.53. The molecular formula is C8H7ClN2O4S. The lowest BCUT2D eigenvalue weighted by atomic mass is 10.2. The van der Waals surface area contributed by atoms with Gasteiger partial charge >= 0.3 is 5.97 Å². The summed E-state index contributed by atoms with van der Waals surface area (Å²) in [5.74, 6) is -0.679. The monoisotopic (exact) mass is 262 g/mol.